The van der Waals surface area contributed by atoms with Gasteiger partial charge in [0.15, 0.2) is 11.9 Å². The van der Waals surface area contributed by atoms with Gasteiger partial charge < -0.3 is 18.9 Å². The lowest BCUT2D eigenvalue weighted by molar-refractivity contribution is -0.218. The number of unbranched alkanes of at least 4 members (excludes halogenated alkanes) is 1. The highest BCUT2D eigenvalue weighted by Gasteiger charge is 2.63. The summed E-state index contributed by atoms with van der Waals surface area (Å²) in [6, 6.07) is 7.75. The third-order valence-corrected chi connectivity index (χ3v) is 5.20. The number of fused-ring (bicyclic) bond motifs is 1. The van der Waals surface area contributed by atoms with E-state index in [0.29, 0.717) is 5.69 Å². The van der Waals surface area contributed by atoms with Gasteiger partial charge in [0.1, 0.15) is 12.6 Å². The number of rotatable bonds is 4. The van der Waals surface area contributed by atoms with Crippen LogP contribution in [0.2, 0.25) is 0 Å². The Morgan fingerprint density at radius 1 is 1.15 bits per heavy atom. The van der Waals surface area contributed by atoms with Gasteiger partial charge in [-0.3, -0.25) is 9.69 Å². The van der Waals surface area contributed by atoms with Gasteiger partial charge in [0.05, 0.1) is 6.61 Å². The van der Waals surface area contributed by atoms with E-state index < -0.39 is 35.7 Å². The number of hydrogen-bond donors (Lipinski definition) is 0. The number of ether oxygens (including phenoxy) is 4. The summed E-state index contributed by atoms with van der Waals surface area (Å²) >= 11 is 0. The average Bonchev–Trinajstić information content (AvgIpc) is 3.14. The van der Waals surface area contributed by atoms with Crippen LogP contribution in [-0.4, -0.2) is 48.8 Å². The molecule has 0 N–H and O–H groups in total. The third kappa shape index (κ3) is 3.24. The highest BCUT2D eigenvalue weighted by atomic mass is 16.8. The molecule has 0 radical (unpaired) electrons. The van der Waals surface area contributed by atoms with E-state index in [4.69, 9.17) is 18.9 Å². The molecule has 3 heterocycles. The molecule has 3 fully saturated rings. The first-order chi connectivity index (χ1) is 12.8. The number of anilines is 1. The molecule has 146 valence electrons. The van der Waals surface area contributed by atoms with Crippen molar-refractivity contribution < 1.29 is 28.5 Å². The van der Waals surface area contributed by atoms with E-state index in [0.717, 1.165) is 19.3 Å². The zero-order valence-corrected chi connectivity index (χ0v) is 15.9. The largest absolute Gasteiger partial charge is 0.417 e. The first kappa shape index (κ1) is 18.4. The summed E-state index contributed by atoms with van der Waals surface area (Å²) in [5.74, 6) is -2.90. The normalized spacial score (nSPS) is 32.0. The second kappa shape index (κ2) is 6.58. The summed E-state index contributed by atoms with van der Waals surface area (Å²) < 4.78 is 22.5. The fourth-order valence-corrected chi connectivity index (χ4v) is 3.81. The van der Waals surface area contributed by atoms with Gasteiger partial charge in [-0.25, -0.2) is 4.79 Å². The van der Waals surface area contributed by atoms with Crippen LogP contribution in [0.4, 0.5) is 10.5 Å². The topological polar surface area (TPSA) is 74.3 Å². The molecule has 27 heavy (non-hydrogen) atoms. The molecule has 3 atom stereocenters. The lowest BCUT2D eigenvalue weighted by atomic mass is 9.98. The predicted octanol–water partition coefficient (Wildman–Crippen LogP) is 2.80. The lowest BCUT2D eigenvalue weighted by Crippen LogP contribution is -2.59. The van der Waals surface area contributed by atoms with Crippen LogP contribution in [0.15, 0.2) is 24.3 Å². The number of amides is 1. The molecule has 0 aliphatic carbocycles. The van der Waals surface area contributed by atoms with E-state index >= 15 is 0 Å². The molecule has 4 rings (SSSR count). The standard InChI is InChI=1S/C20H25NO6/c1-4-5-6-13-7-9-14(10-8-13)21-12-20(27-18(21)23)17(22)16-15(11-24-20)25-19(2,3)26-16/h7-10,15-16H,4-6,11-12H2,1-3H3/t15-,16-,20+/m1/s1. The second-order valence-corrected chi connectivity index (χ2v) is 7.75. The summed E-state index contributed by atoms with van der Waals surface area (Å²) in [6.07, 6.45) is 1.39. The molecule has 1 aromatic rings. The van der Waals surface area contributed by atoms with E-state index in [1.54, 1.807) is 13.8 Å². The molecule has 0 saturated carbocycles. The summed E-state index contributed by atoms with van der Waals surface area (Å²) in [6.45, 7) is 5.79. The molecule has 0 unspecified atom stereocenters. The quantitative estimate of drug-likeness (QED) is 0.806. The molecule has 1 spiro atoms. The Kier molecular flexibility index (Phi) is 4.49. The zero-order valence-electron chi connectivity index (χ0n) is 15.9. The first-order valence-electron chi connectivity index (χ1n) is 9.47. The van der Waals surface area contributed by atoms with Crippen molar-refractivity contribution in [3.63, 3.8) is 0 Å². The van der Waals surface area contributed by atoms with Gasteiger partial charge in [0.2, 0.25) is 5.78 Å². The summed E-state index contributed by atoms with van der Waals surface area (Å²) in [5, 5.41) is 0. The van der Waals surface area contributed by atoms with Crippen LogP contribution < -0.4 is 4.90 Å². The summed E-state index contributed by atoms with van der Waals surface area (Å²) in [7, 11) is 0. The molecule has 3 saturated heterocycles. The number of hydrogen-bond acceptors (Lipinski definition) is 6. The van der Waals surface area contributed by atoms with Crippen LogP contribution in [0.5, 0.6) is 0 Å². The minimum absolute atomic E-state index is 0.00593. The predicted molar refractivity (Wildman–Crippen MR) is 96.4 cm³/mol. The average molecular weight is 375 g/mol. The van der Waals surface area contributed by atoms with Gasteiger partial charge in [-0.05, 0) is 44.4 Å². The van der Waals surface area contributed by atoms with Crippen molar-refractivity contribution in [2.24, 2.45) is 0 Å². The van der Waals surface area contributed by atoms with E-state index in [2.05, 4.69) is 6.92 Å². The van der Waals surface area contributed by atoms with Gasteiger partial charge in [-0.1, -0.05) is 25.5 Å². The molecule has 7 nitrogen and oxygen atoms in total. The van der Waals surface area contributed by atoms with Crippen LogP contribution >= 0.6 is 0 Å². The maximum atomic E-state index is 13.0. The first-order valence-corrected chi connectivity index (χ1v) is 9.47. The number of ketones is 1. The van der Waals surface area contributed by atoms with Crippen molar-refractivity contribution in [2.45, 2.75) is 63.8 Å². The van der Waals surface area contributed by atoms with Crippen LogP contribution in [0.25, 0.3) is 0 Å². The summed E-state index contributed by atoms with van der Waals surface area (Å²) in [4.78, 5) is 26.9. The number of nitrogens with zero attached hydrogens (tertiary/aromatic N) is 1. The number of benzene rings is 1. The minimum atomic E-state index is -1.64. The highest BCUT2D eigenvalue weighted by molar-refractivity contribution is 6.00. The van der Waals surface area contributed by atoms with Crippen LogP contribution in [0.1, 0.15) is 39.2 Å². The molecular weight excluding hydrogens is 350 g/mol. The SMILES string of the molecule is CCCCc1ccc(N2C[C@]3(OC[C@H]4OC(C)(C)O[C@H]4C3=O)OC2=O)cc1. The summed E-state index contributed by atoms with van der Waals surface area (Å²) in [5.41, 5.74) is 1.90. The molecule has 0 bridgehead atoms. The molecule has 0 aromatic heterocycles. The Balaban J connectivity index is 1.51. The molecule has 1 amide bonds. The Labute approximate surface area is 158 Å². The third-order valence-electron chi connectivity index (χ3n) is 5.20. The van der Waals surface area contributed by atoms with E-state index in [-0.39, 0.29) is 13.2 Å². The number of carbonyl (C=O) groups is 2. The van der Waals surface area contributed by atoms with Crippen molar-refractivity contribution in [1.82, 2.24) is 0 Å². The molecule has 7 heteroatoms. The van der Waals surface area contributed by atoms with Crippen molar-refractivity contribution in [2.75, 3.05) is 18.1 Å². The number of aryl methyl sites for hydroxylation is 1. The van der Waals surface area contributed by atoms with E-state index in [1.165, 1.54) is 10.5 Å². The highest BCUT2D eigenvalue weighted by Crippen LogP contribution is 2.40. The van der Waals surface area contributed by atoms with Gasteiger partial charge >= 0.3 is 6.09 Å². The van der Waals surface area contributed by atoms with Gasteiger partial charge in [-0.15, -0.1) is 0 Å². The maximum Gasteiger partial charge on any atom is 0.417 e. The van der Waals surface area contributed by atoms with E-state index in [1.807, 2.05) is 24.3 Å². The van der Waals surface area contributed by atoms with Crippen LogP contribution in [-0.2, 0) is 30.2 Å². The number of Topliss-reactive ketones (excluding diaryl/α,β-unsaturated/α-hetero) is 1. The van der Waals surface area contributed by atoms with Crippen molar-refractivity contribution in [3.05, 3.63) is 29.8 Å². The molecule has 3 aliphatic heterocycles. The second-order valence-electron chi connectivity index (χ2n) is 7.75. The minimum Gasteiger partial charge on any atom is -0.407 e. The van der Waals surface area contributed by atoms with Crippen LogP contribution in [0.3, 0.4) is 0 Å². The Hall–Kier alpha value is -1.96. The molecular formula is C20H25NO6. The molecule has 3 aliphatic rings. The fourth-order valence-electron chi connectivity index (χ4n) is 3.81. The number of carbonyl (C=O) groups excluding carboxylic acids is 2. The Bertz CT molecular complexity index is 745. The van der Waals surface area contributed by atoms with Crippen LogP contribution in [0, 0.1) is 0 Å². The Morgan fingerprint density at radius 3 is 2.59 bits per heavy atom. The monoisotopic (exact) mass is 375 g/mol. The fraction of sp³-hybridized carbons (Fsp3) is 0.600. The van der Waals surface area contributed by atoms with Gasteiger partial charge in [0.25, 0.3) is 5.79 Å². The molecule has 1 aromatic carbocycles. The maximum absolute atomic E-state index is 13.0. The van der Waals surface area contributed by atoms with E-state index in [9.17, 15) is 9.59 Å². The zero-order chi connectivity index (χ0) is 19.2. The lowest BCUT2D eigenvalue weighted by Gasteiger charge is -2.34. The Morgan fingerprint density at radius 2 is 1.89 bits per heavy atom. The van der Waals surface area contributed by atoms with Crippen molar-refractivity contribution >= 4 is 17.6 Å². The van der Waals surface area contributed by atoms with Gasteiger partial charge in [-0.2, -0.15) is 0 Å². The van der Waals surface area contributed by atoms with Crippen molar-refractivity contribution in [1.29, 1.82) is 0 Å². The van der Waals surface area contributed by atoms with Crippen molar-refractivity contribution in [3.8, 4) is 0 Å². The smallest absolute Gasteiger partial charge is 0.407 e. The van der Waals surface area contributed by atoms with Gasteiger partial charge in [0, 0.05) is 5.69 Å².